The molecule has 4 aromatic rings. The van der Waals surface area contributed by atoms with E-state index in [-0.39, 0.29) is 4.90 Å². The average Bonchev–Trinajstić information content (AvgIpc) is 3.06. The minimum Gasteiger partial charge on any atom is -0.278 e. The molecule has 158 valence electrons. The van der Waals surface area contributed by atoms with Crippen molar-refractivity contribution in [3.63, 3.8) is 0 Å². The summed E-state index contributed by atoms with van der Waals surface area (Å²) < 4.78 is 31.1. The van der Waals surface area contributed by atoms with Crippen LogP contribution in [0.4, 0.5) is 5.69 Å². The fourth-order valence-electron chi connectivity index (χ4n) is 3.30. The van der Waals surface area contributed by atoms with Crippen LogP contribution < -0.4 is 4.72 Å². The van der Waals surface area contributed by atoms with Crippen LogP contribution in [0.5, 0.6) is 0 Å². The zero-order valence-electron chi connectivity index (χ0n) is 16.9. The van der Waals surface area contributed by atoms with E-state index >= 15 is 0 Å². The van der Waals surface area contributed by atoms with Crippen molar-refractivity contribution in [3.05, 3.63) is 95.3 Å². The van der Waals surface area contributed by atoms with Gasteiger partial charge in [-0.25, -0.2) is 13.1 Å². The van der Waals surface area contributed by atoms with Crippen molar-refractivity contribution in [1.29, 1.82) is 0 Å². The van der Waals surface area contributed by atoms with Gasteiger partial charge in [0.2, 0.25) is 0 Å². The lowest BCUT2D eigenvalue weighted by Gasteiger charge is -2.13. The van der Waals surface area contributed by atoms with Crippen LogP contribution in [-0.2, 0) is 10.0 Å². The van der Waals surface area contributed by atoms with Crippen LogP contribution in [-0.4, -0.2) is 18.2 Å². The third kappa shape index (κ3) is 4.63. The molecule has 0 aliphatic carbocycles. The first kappa shape index (κ1) is 21.5. The molecule has 1 N–H and O–H groups in total. The van der Waals surface area contributed by atoms with Crippen molar-refractivity contribution in [3.8, 4) is 5.69 Å². The number of sulfonamides is 1. The summed E-state index contributed by atoms with van der Waals surface area (Å²) in [5, 5.41) is 5.12. The van der Waals surface area contributed by atoms with Crippen molar-refractivity contribution >= 4 is 39.1 Å². The number of aryl methyl sites for hydroxylation is 1. The number of anilines is 1. The molecule has 0 saturated heterocycles. The van der Waals surface area contributed by atoms with E-state index in [0.717, 1.165) is 15.5 Å². The molecule has 0 unspecified atom stereocenters. The zero-order chi connectivity index (χ0) is 22.0. The molecule has 5 nitrogen and oxygen atoms in total. The van der Waals surface area contributed by atoms with Crippen LogP contribution in [0, 0.1) is 13.8 Å². The second kappa shape index (κ2) is 8.78. The van der Waals surface area contributed by atoms with Gasteiger partial charge in [-0.3, -0.25) is 4.72 Å². The molecule has 0 radical (unpaired) electrons. The standard InChI is InChI=1S/C23H20ClN3O2S2/c1-16-23(17(2)27(25-16)19-8-4-3-5-9-19)31(28,29)26-21-10-6-7-11-22(21)30-20-14-12-18(24)13-15-20/h3-15,26H,1-2H3. The Bertz CT molecular complexity index is 1320. The molecular formula is C23H20ClN3O2S2. The molecule has 0 saturated carbocycles. The smallest absolute Gasteiger partial charge is 0.265 e. The van der Waals surface area contributed by atoms with E-state index in [0.29, 0.717) is 22.1 Å². The molecule has 31 heavy (non-hydrogen) atoms. The molecule has 0 fully saturated rings. The Morgan fingerprint density at radius 3 is 2.26 bits per heavy atom. The molecule has 0 aliphatic rings. The topological polar surface area (TPSA) is 64.0 Å². The fraction of sp³-hybridized carbons (Fsp3) is 0.0870. The third-order valence-electron chi connectivity index (χ3n) is 4.67. The monoisotopic (exact) mass is 469 g/mol. The van der Waals surface area contributed by atoms with Gasteiger partial charge in [0.25, 0.3) is 10.0 Å². The molecule has 8 heteroatoms. The SMILES string of the molecule is Cc1nn(-c2ccccc2)c(C)c1S(=O)(=O)Nc1ccccc1Sc1ccc(Cl)cc1. The highest BCUT2D eigenvalue weighted by Gasteiger charge is 2.26. The molecule has 0 aliphatic heterocycles. The molecule has 4 rings (SSSR count). The van der Waals surface area contributed by atoms with Crippen molar-refractivity contribution in [2.75, 3.05) is 4.72 Å². The van der Waals surface area contributed by atoms with E-state index in [4.69, 9.17) is 11.6 Å². The summed E-state index contributed by atoms with van der Waals surface area (Å²) in [6.45, 7) is 3.46. The van der Waals surface area contributed by atoms with Gasteiger partial charge in [-0.15, -0.1) is 0 Å². The first-order chi connectivity index (χ1) is 14.8. The maximum atomic E-state index is 13.3. The van der Waals surface area contributed by atoms with E-state index in [1.54, 1.807) is 42.8 Å². The Hall–Kier alpha value is -2.74. The molecule has 0 atom stereocenters. The van der Waals surface area contributed by atoms with E-state index in [1.807, 2.05) is 54.6 Å². The fourth-order valence-corrected chi connectivity index (χ4v) is 5.87. The van der Waals surface area contributed by atoms with Crippen molar-refractivity contribution in [2.45, 2.75) is 28.5 Å². The number of aromatic nitrogens is 2. The maximum absolute atomic E-state index is 13.3. The van der Waals surface area contributed by atoms with Gasteiger partial charge >= 0.3 is 0 Å². The average molecular weight is 470 g/mol. The molecular weight excluding hydrogens is 450 g/mol. The number of hydrogen-bond acceptors (Lipinski definition) is 4. The largest absolute Gasteiger partial charge is 0.278 e. The quantitative estimate of drug-likeness (QED) is 0.371. The summed E-state index contributed by atoms with van der Waals surface area (Å²) in [5.74, 6) is 0. The molecule has 1 heterocycles. The highest BCUT2D eigenvalue weighted by molar-refractivity contribution is 7.99. The number of hydrogen-bond donors (Lipinski definition) is 1. The predicted octanol–water partition coefficient (Wildman–Crippen LogP) is 6.09. The van der Waals surface area contributed by atoms with E-state index in [2.05, 4.69) is 9.82 Å². The van der Waals surface area contributed by atoms with E-state index < -0.39 is 10.0 Å². The Balaban J connectivity index is 1.68. The summed E-state index contributed by atoms with van der Waals surface area (Å²) in [5.41, 5.74) is 2.31. The van der Waals surface area contributed by atoms with Crippen LogP contribution >= 0.6 is 23.4 Å². The van der Waals surface area contributed by atoms with Gasteiger partial charge in [0, 0.05) is 14.8 Å². The van der Waals surface area contributed by atoms with Crippen LogP contribution in [0.3, 0.4) is 0 Å². The highest BCUT2D eigenvalue weighted by Crippen LogP contribution is 2.35. The number of halogens is 1. The summed E-state index contributed by atoms with van der Waals surface area (Å²) >= 11 is 7.43. The highest BCUT2D eigenvalue weighted by atomic mass is 35.5. The van der Waals surface area contributed by atoms with Gasteiger partial charge in [-0.2, -0.15) is 5.10 Å². The Morgan fingerprint density at radius 1 is 0.903 bits per heavy atom. The molecule has 0 amide bonds. The van der Waals surface area contributed by atoms with E-state index in [1.165, 1.54) is 11.8 Å². The van der Waals surface area contributed by atoms with Crippen LogP contribution in [0.1, 0.15) is 11.4 Å². The lowest BCUT2D eigenvalue weighted by molar-refractivity contribution is 0.600. The number of nitrogens with zero attached hydrogens (tertiary/aromatic N) is 2. The molecule has 0 bridgehead atoms. The first-order valence-electron chi connectivity index (χ1n) is 9.52. The molecule has 1 aromatic heterocycles. The minimum atomic E-state index is -3.85. The van der Waals surface area contributed by atoms with Crippen LogP contribution in [0.15, 0.2) is 93.5 Å². The second-order valence-corrected chi connectivity index (χ2v) is 10.1. The van der Waals surface area contributed by atoms with E-state index in [9.17, 15) is 8.42 Å². The Labute approximate surface area is 191 Å². The number of nitrogens with one attached hydrogen (secondary N) is 1. The zero-order valence-corrected chi connectivity index (χ0v) is 19.3. The lowest BCUT2D eigenvalue weighted by Crippen LogP contribution is -2.15. The van der Waals surface area contributed by atoms with Crippen molar-refractivity contribution in [1.82, 2.24) is 9.78 Å². The van der Waals surface area contributed by atoms with Gasteiger partial charge in [0.1, 0.15) is 4.90 Å². The Morgan fingerprint density at radius 2 is 1.55 bits per heavy atom. The van der Waals surface area contributed by atoms with Gasteiger partial charge in [-0.1, -0.05) is 53.7 Å². The lowest BCUT2D eigenvalue weighted by atomic mass is 10.3. The summed E-state index contributed by atoms with van der Waals surface area (Å²) in [4.78, 5) is 1.93. The Kier molecular flexibility index (Phi) is 6.09. The normalized spacial score (nSPS) is 11.5. The van der Waals surface area contributed by atoms with Crippen molar-refractivity contribution in [2.24, 2.45) is 0 Å². The predicted molar refractivity (Wildman–Crippen MR) is 126 cm³/mol. The van der Waals surface area contributed by atoms with Gasteiger partial charge < -0.3 is 0 Å². The van der Waals surface area contributed by atoms with Crippen LogP contribution in [0.25, 0.3) is 5.69 Å². The summed E-state index contributed by atoms with van der Waals surface area (Å²) in [6.07, 6.45) is 0. The molecule has 3 aromatic carbocycles. The maximum Gasteiger partial charge on any atom is 0.265 e. The van der Waals surface area contributed by atoms with Gasteiger partial charge in [0.05, 0.1) is 22.8 Å². The number of benzene rings is 3. The first-order valence-corrected chi connectivity index (χ1v) is 12.2. The van der Waals surface area contributed by atoms with Crippen LogP contribution in [0.2, 0.25) is 5.02 Å². The summed E-state index contributed by atoms with van der Waals surface area (Å²) in [6, 6.07) is 24.2. The number of rotatable bonds is 6. The second-order valence-electron chi connectivity index (χ2n) is 6.90. The summed E-state index contributed by atoms with van der Waals surface area (Å²) in [7, 11) is -3.85. The van der Waals surface area contributed by atoms with Gasteiger partial charge in [-0.05, 0) is 62.4 Å². The third-order valence-corrected chi connectivity index (χ3v) is 7.62. The van der Waals surface area contributed by atoms with Gasteiger partial charge in [0.15, 0.2) is 0 Å². The van der Waals surface area contributed by atoms with Crippen molar-refractivity contribution < 1.29 is 8.42 Å². The molecule has 0 spiro atoms. The minimum absolute atomic E-state index is 0.183. The number of para-hydroxylation sites is 2.